The highest BCUT2D eigenvalue weighted by atomic mass is 16.5. The number of nitrogens with one attached hydrogen (secondary N) is 2. The number of H-pyrrole nitrogens is 1. The van der Waals surface area contributed by atoms with E-state index in [0.717, 1.165) is 31.0 Å². The van der Waals surface area contributed by atoms with Gasteiger partial charge in [-0.1, -0.05) is 30.3 Å². The number of nitrogens with zero attached hydrogens (tertiary/aromatic N) is 4. The molecule has 29 heavy (non-hydrogen) atoms. The largest absolute Gasteiger partial charge is 0.476 e. The molecule has 7 heteroatoms. The van der Waals surface area contributed by atoms with Crippen molar-refractivity contribution in [2.45, 2.75) is 31.6 Å². The number of likely N-dealkylation sites (tertiary alicyclic amines) is 1. The molecule has 1 aliphatic carbocycles. The predicted molar refractivity (Wildman–Crippen MR) is 112 cm³/mol. The van der Waals surface area contributed by atoms with Gasteiger partial charge in [0.1, 0.15) is 12.4 Å². The highest BCUT2D eigenvalue weighted by Crippen LogP contribution is 2.39. The van der Waals surface area contributed by atoms with Gasteiger partial charge in [0, 0.05) is 35.9 Å². The molecule has 150 valence electrons. The van der Waals surface area contributed by atoms with Crippen LogP contribution in [0.1, 0.15) is 37.3 Å². The van der Waals surface area contributed by atoms with Gasteiger partial charge in [0.05, 0.1) is 0 Å². The Kier molecular flexibility index (Phi) is 5.13. The van der Waals surface area contributed by atoms with Crippen molar-refractivity contribution in [1.82, 2.24) is 25.1 Å². The predicted octanol–water partition coefficient (Wildman–Crippen LogP) is 3.96. The molecule has 0 radical (unpaired) electrons. The molecule has 1 aliphatic heterocycles. The normalized spacial score (nSPS) is 16.8. The fourth-order valence-electron chi connectivity index (χ4n) is 3.70. The molecule has 5 rings (SSSR count). The van der Waals surface area contributed by atoms with E-state index in [1.807, 2.05) is 36.4 Å². The van der Waals surface area contributed by atoms with Crippen molar-refractivity contribution in [3.05, 3.63) is 48.2 Å². The van der Waals surface area contributed by atoms with Crippen LogP contribution in [0.15, 0.2) is 42.5 Å². The number of hydrogen-bond donors (Lipinski definition) is 2. The van der Waals surface area contributed by atoms with Crippen molar-refractivity contribution < 1.29 is 4.74 Å². The molecule has 2 fully saturated rings. The monoisotopic (exact) mass is 390 g/mol. The fraction of sp³-hybridized carbons (Fsp3) is 0.409. The zero-order valence-corrected chi connectivity index (χ0v) is 16.5. The maximum absolute atomic E-state index is 6.00. The van der Waals surface area contributed by atoms with Crippen LogP contribution < -0.4 is 10.1 Å². The van der Waals surface area contributed by atoms with Gasteiger partial charge in [-0.3, -0.25) is 10.00 Å². The molecule has 7 nitrogen and oxygen atoms in total. The maximum Gasteiger partial charge on any atom is 0.219 e. The summed E-state index contributed by atoms with van der Waals surface area (Å²) in [5.41, 5.74) is 2.15. The minimum absolute atomic E-state index is 0.582. The Morgan fingerprint density at radius 2 is 1.86 bits per heavy atom. The van der Waals surface area contributed by atoms with Crippen LogP contribution >= 0.6 is 0 Å². The van der Waals surface area contributed by atoms with E-state index in [4.69, 9.17) is 4.74 Å². The van der Waals surface area contributed by atoms with Gasteiger partial charge in [0.15, 0.2) is 11.6 Å². The average molecular weight is 390 g/mol. The van der Waals surface area contributed by atoms with Gasteiger partial charge in [-0.25, -0.2) is 4.98 Å². The molecule has 0 amide bonds. The van der Waals surface area contributed by atoms with Gasteiger partial charge >= 0.3 is 0 Å². The second-order valence-electron chi connectivity index (χ2n) is 7.79. The summed E-state index contributed by atoms with van der Waals surface area (Å²) in [5.74, 6) is 3.31. The van der Waals surface area contributed by atoms with Gasteiger partial charge in [-0.05, 0) is 38.8 Å². The van der Waals surface area contributed by atoms with Crippen LogP contribution in [0.4, 0.5) is 11.6 Å². The summed E-state index contributed by atoms with van der Waals surface area (Å²) in [6.07, 6.45) is 5.04. The number of anilines is 2. The Morgan fingerprint density at radius 3 is 2.66 bits per heavy atom. The first-order chi connectivity index (χ1) is 14.3. The van der Waals surface area contributed by atoms with Crippen molar-refractivity contribution in [2.75, 3.05) is 31.6 Å². The lowest BCUT2D eigenvalue weighted by atomic mass is 10.2. The van der Waals surface area contributed by atoms with Crippen LogP contribution in [-0.4, -0.2) is 51.3 Å². The first-order valence-electron chi connectivity index (χ1n) is 10.5. The maximum atomic E-state index is 6.00. The Balaban J connectivity index is 1.34. The van der Waals surface area contributed by atoms with E-state index >= 15 is 0 Å². The smallest absolute Gasteiger partial charge is 0.219 e. The number of aromatic amines is 1. The molecule has 0 unspecified atom stereocenters. The molecule has 0 bridgehead atoms. The molecule has 2 aliphatic rings. The van der Waals surface area contributed by atoms with Crippen LogP contribution in [0.25, 0.3) is 11.4 Å². The topological polar surface area (TPSA) is 79.0 Å². The summed E-state index contributed by atoms with van der Waals surface area (Å²) in [7, 11) is 0. The summed E-state index contributed by atoms with van der Waals surface area (Å²) in [5, 5.41) is 10.8. The van der Waals surface area contributed by atoms with Crippen molar-refractivity contribution >= 4 is 11.6 Å². The van der Waals surface area contributed by atoms with Crippen LogP contribution in [-0.2, 0) is 0 Å². The minimum Gasteiger partial charge on any atom is -0.476 e. The van der Waals surface area contributed by atoms with Crippen molar-refractivity contribution in [3.63, 3.8) is 0 Å². The average Bonchev–Trinajstić information content (AvgIpc) is 3.27. The second-order valence-corrected chi connectivity index (χ2v) is 7.79. The Labute approximate surface area is 170 Å². The summed E-state index contributed by atoms with van der Waals surface area (Å²) >= 11 is 0. The number of aromatic nitrogens is 4. The molecule has 3 aromatic rings. The minimum atomic E-state index is 0.582. The molecule has 2 aromatic heterocycles. The van der Waals surface area contributed by atoms with Crippen LogP contribution in [0.3, 0.4) is 0 Å². The number of benzene rings is 1. The SMILES string of the molecule is c1ccc(-c2nc(Nc3cc(C4CC4)[nH]n3)cc(OCCN3CCCC3)n2)cc1. The Hall–Kier alpha value is -2.93. The lowest BCUT2D eigenvalue weighted by Gasteiger charge is -2.15. The third-order valence-corrected chi connectivity index (χ3v) is 5.46. The van der Waals surface area contributed by atoms with E-state index in [-0.39, 0.29) is 0 Å². The molecule has 2 N–H and O–H groups in total. The molecule has 1 aromatic carbocycles. The van der Waals surface area contributed by atoms with Gasteiger partial charge < -0.3 is 10.1 Å². The van der Waals surface area contributed by atoms with Crippen molar-refractivity contribution in [2.24, 2.45) is 0 Å². The fourth-order valence-corrected chi connectivity index (χ4v) is 3.70. The standard InChI is InChI=1S/C22H26N6O/c1-2-6-17(7-3-1)22-24-19(23-20-14-18(26-27-20)16-8-9-16)15-21(25-22)29-13-12-28-10-4-5-11-28/h1-3,6-7,14-16H,4-5,8-13H2,(H2,23,24,25,26,27). The molecular weight excluding hydrogens is 364 g/mol. The van der Waals surface area contributed by atoms with Gasteiger partial charge in [-0.2, -0.15) is 10.1 Å². The summed E-state index contributed by atoms with van der Waals surface area (Å²) < 4.78 is 6.00. The van der Waals surface area contributed by atoms with E-state index in [0.29, 0.717) is 30.0 Å². The summed E-state index contributed by atoms with van der Waals surface area (Å²) in [6.45, 7) is 3.88. The van der Waals surface area contributed by atoms with E-state index in [9.17, 15) is 0 Å². The molecule has 1 saturated heterocycles. The summed E-state index contributed by atoms with van der Waals surface area (Å²) in [4.78, 5) is 11.8. The van der Waals surface area contributed by atoms with Crippen LogP contribution in [0, 0.1) is 0 Å². The van der Waals surface area contributed by atoms with Crippen molar-refractivity contribution in [1.29, 1.82) is 0 Å². The van der Waals surface area contributed by atoms with Gasteiger partial charge in [0.2, 0.25) is 5.88 Å². The molecule has 1 saturated carbocycles. The number of ether oxygens (including phenoxy) is 1. The van der Waals surface area contributed by atoms with E-state index in [1.54, 1.807) is 0 Å². The van der Waals surface area contributed by atoms with E-state index in [1.165, 1.54) is 31.4 Å². The summed E-state index contributed by atoms with van der Waals surface area (Å²) in [6, 6.07) is 13.9. The zero-order valence-electron chi connectivity index (χ0n) is 16.5. The molecule has 0 spiro atoms. The van der Waals surface area contributed by atoms with Gasteiger partial charge in [-0.15, -0.1) is 0 Å². The lowest BCUT2D eigenvalue weighted by molar-refractivity contribution is 0.232. The third-order valence-electron chi connectivity index (χ3n) is 5.46. The first kappa shape index (κ1) is 18.1. The Morgan fingerprint density at radius 1 is 1.03 bits per heavy atom. The lowest BCUT2D eigenvalue weighted by Crippen LogP contribution is -2.25. The third kappa shape index (κ3) is 4.56. The van der Waals surface area contributed by atoms with E-state index < -0.39 is 0 Å². The zero-order chi connectivity index (χ0) is 19.5. The van der Waals surface area contributed by atoms with Crippen molar-refractivity contribution in [3.8, 4) is 17.3 Å². The molecular formula is C22H26N6O. The highest BCUT2D eigenvalue weighted by Gasteiger charge is 2.25. The first-order valence-corrected chi connectivity index (χ1v) is 10.5. The van der Waals surface area contributed by atoms with E-state index in [2.05, 4.69) is 36.4 Å². The molecule has 0 atom stereocenters. The number of hydrogen-bond acceptors (Lipinski definition) is 6. The van der Waals surface area contributed by atoms with Crippen LogP contribution in [0.2, 0.25) is 0 Å². The Bertz CT molecular complexity index is 947. The van der Waals surface area contributed by atoms with Crippen LogP contribution in [0.5, 0.6) is 5.88 Å². The highest BCUT2D eigenvalue weighted by molar-refractivity contribution is 5.61. The second kappa shape index (κ2) is 8.21. The van der Waals surface area contributed by atoms with Gasteiger partial charge in [0.25, 0.3) is 0 Å². The number of rotatable bonds is 8. The quantitative estimate of drug-likeness (QED) is 0.606. The molecule has 3 heterocycles.